The van der Waals surface area contributed by atoms with Crippen molar-refractivity contribution in [1.82, 2.24) is 10.1 Å². The lowest BCUT2D eigenvalue weighted by Gasteiger charge is -2.30. The lowest BCUT2D eigenvalue weighted by Crippen LogP contribution is -2.33. The van der Waals surface area contributed by atoms with E-state index in [0.717, 1.165) is 37.6 Å². The topological polar surface area (TPSA) is 54.2 Å². The summed E-state index contributed by atoms with van der Waals surface area (Å²) >= 11 is 0. The third kappa shape index (κ3) is 3.04. The maximum Gasteiger partial charge on any atom is 0.226 e. The van der Waals surface area contributed by atoms with Crippen LogP contribution in [0.4, 0.5) is 11.4 Å². The number of hydrogen-bond acceptors (Lipinski definition) is 5. The van der Waals surface area contributed by atoms with Crippen LogP contribution in [0.2, 0.25) is 0 Å². The summed E-state index contributed by atoms with van der Waals surface area (Å²) in [6.07, 6.45) is 1.88. The van der Waals surface area contributed by atoms with E-state index in [1.165, 1.54) is 11.4 Å². The van der Waals surface area contributed by atoms with E-state index in [0.29, 0.717) is 6.54 Å². The summed E-state index contributed by atoms with van der Waals surface area (Å²) in [6, 6.07) is 8.31. The molecule has 0 radical (unpaired) electrons. The van der Waals surface area contributed by atoms with E-state index in [9.17, 15) is 0 Å². The minimum absolute atomic E-state index is 0. The minimum Gasteiger partial charge on any atom is -0.382 e. The van der Waals surface area contributed by atoms with Crippen molar-refractivity contribution >= 4 is 23.8 Å². The molecule has 2 heterocycles. The van der Waals surface area contributed by atoms with Crippen LogP contribution < -0.4 is 10.2 Å². The number of anilines is 2. The molecule has 1 aliphatic heterocycles. The van der Waals surface area contributed by atoms with Gasteiger partial charge in [0.1, 0.15) is 0 Å². The number of rotatable bonds is 4. The molecule has 0 unspecified atom stereocenters. The molecule has 0 saturated carbocycles. The van der Waals surface area contributed by atoms with Gasteiger partial charge in [0, 0.05) is 19.5 Å². The number of aromatic nitrogens is 2. The molecule has 0 amide bonds. The number of hydrogen-bond donors (Lipinski definition) is 1. The highest BCUT2D eigenvalue weighted by Gasteiger charge is 2.18. The van der Waals surface area contributed by atoms with Crippen LogP contribution >= 0.6 is 12.4 Å². The summed E-state index contributed by atoms with van der Waals surface area (Å²) in [4.78, 5) is 6.71. The normalized spacial score (nSPS) is 13.3. The molecular formula is C14H19ClN4O. The van der Waals surface area contributed by atoms with Crippen LogP contribution in [0.3, 0.4) is 0 Å². The summed E-state index contributed by atoms with van der Waals surface area (Å²) in [5, 5.41) is 7.45. The summed E-state index contributed by atoms with van der Waals surface area (Å²) in [6.45, 7) is 4.70. The molecule has 2 aromatic rings. The van der Waals surface area contributed by atoms with Crippen molar-refractivity contribution in [2.75, 3.05) is 23.3 Å². The second-order valence-electron chi connectivity index (χ2n) is 4.72. The predicted octanol–water partition coefficient (Wildman–Crippen LogP) is 2.88. The Kier molecular flexibility index (Phi) is 4.84. The third-order valence-corrected chi connectivity index (χ3v) is 3.25. The fourth-order valence-electron chi connectivity index (χ4n) is 2.35. The van der Waals surface area contributed by atoms with Gasteiger partial charge in [-0.2, -0.15) is 4.98 Å². The number of benzene rings is 1. The van der Waals surface area contributed by atoms with Crippen LogP contribution in [0.25, 0.3) is 0 Å². The largest absolute Gasteiger partial charge is 0.382 e. The Labute approximate surface area is 124 Å². The molecule has 1 aromatic heterocycles. The Morgan fingerprint density at radius 1 is 1.35 bits per heavy atom. The Hall–Kier alpha value is -1.75. The molecule has 6 heteroatoms. The van der Waals surface area contributed by atoms with Gasteiger partial charge >= 0.3 is 0 Å². The smallest absolute Gasteiger partial charge is 0.226 e. The van der Waals surface area contributed by atoms with E-state index < -0.39 is 0 Å². The maximum absolute atomic E-state index is 5.23. The quantitative estimate of drug-likeness (QED) is 0.940. The third-order valence-electron chi connectivity index (χ3n) is 3.25. The van der Waals surface area contributed by atoms with E-state index in [2.05, 4.69) is 45.5 Å². The molecule has 108 valence electrons. The standard InChI is InChI=1S/C14H18N4O.ClH/c1-2-5-14-16-13(17-19-14)10-18-9-8-15-11-6-3-4-7-12(11)18;/h3-4,6-7,15H,2,5,8-10H2,1H3;1H. The van der Waals surface area contributed by atoms with Gasteiger partial charge in [0.2, 0.25) is 5.89 Å². The second-order valence-corrected chi connectivity index (χ2v) is 4.72. The zero-order valence-corrected chi connectivity index (χ0v) is 12.3. The van der Waals surface area contributed by atoms with Crippen LogP contribution in [0, 0.1) is 0 Å². The summed E-state index contributed by atoms with van der Waals surface area (Å²) in [5.41, 5.74) is 2.38. The molecule has 1 aromatic carbocycles. The van der Waals surface area contributed by atoms with Crippen LogP contribution in [-0.4, -0.2) is 23.2 Å². The second kappa shape index (κ2) is 6.61. The molecule has 3 rings (SSSR count). The van der Waals surface area contributed by atoms with Gasteiger partial charge in [0.05, 0.1) is 17.9 Å². The lowest BCUT2D eigenvalue weighted by atomic mass is 10.2. The van der Waals surface area contributed by atoms with Gasteiger partial charge in [-0.3, -0.25) is 0 Å². The van der Waals surface area contributed by atoms with E-state index in [1.54, 1.807) is 0 Å². The number of nitrogens with one attached hydrogen (secondary N) is 1. The predicted molar refractivity (Wildman–Crippen MR) is 81.5 cm³/mol. The Balaban J connectivity index is 0.00000147. The average molecular weight is 295 g/mol. The van der Waals surface area contributed by atoms with E-state index in [-0.39, 0.29) is 12.4 Å². The fourth-order valence-corrected chi connectivity index (χ4v) is 2.35. The Morgan fingerprint density at radius 2 is 2.20 bits per heavy atom. The number of aryl methyl sites for hydroxylation is 1. The van der Waals surface area contributed by atoms with Crippen molar-refractivity contribution in [3.63, 3.8) is 0 Å². The molecule has 1 N–H and O–H groups in total. The Bertz CT molecular complexity index is 558. The van der Waals surface area contributed by atoms with Crippen LogP contribution in [0.15, 0.2) is 28.8 Å². The molecule has 20 heavy (non-hydrogen) atoms. The molecule has 0 spiro atoms. The van der Waals surface area contributed by atoms with Gasteiger partial charge in [-0.05, 0) is 18.6 Å². The lowest BCUT2D eigenvalue weighted by molar-refractivity contribution is 0.371. The molecule has 0 bridgehead atoms. The van der Waals surface area contributed by atoms with E-state index in [1.807, 2.05) is 6.07 Å². The first-order valence-electron chi connectivity index (χ1n) is 6.76. The first kappa shape index (κ1) is 14.7. The van der Waals surface area contributed by atoms with Crippen LogP contribution in [0.5, 0.6) is 0 Å². The van der Waals surface area contributed by atoms with Gasteiger partial charge < -0.3 is 14.7 Å². The molecule has 0 saturated heterocycles. The highest BCUT2D eigenvalue weighted by Crippen LogP contribution is 2.29. The number of fused-ring (bicyclic) bond motifs is 1. The van der Waals surface area contributed by atoms with Crippen molar-refractivity contribution in [2.45, 2.75) is 26.3 Å². The zero-order valence-electron chi connectivity index (χ0n) is 11.5. The molecule has 1 aliphatic rings. The van der Waals surface area contributed by atoms with Crippen molar-refractivity contribution < 1.29 is 4.52 Å². The van der Waals surface area contributed by atoms with Crippen molar-refractivity contribution in [2.24, 2.45) is 0 Å². The molecule has 0 fully saturated rings. The van der Waals surface area contributed by atoms with E-state index in [4.69, 9.17) is 4.52 Å². The van der Waals surface area contributed by atoms with Crippen LogP contribution in [-0.2, 0) is 13.0 Å². The number of nitrogens with zero attached hydrogens (tertiary/aromatic N) is 3. The summed E-state index contributed by atoms with van der Waals surface area (Å²) < 4.78 is 5.23. The highest BCUT2D eigenvalue weighted by atomic mass is 35.5. The van der Waals surface area contributed by atoms with Gasteiger partial charge in [0.15, 0.2) is 5.82 Å². The number of para-hydroxylation sites is 2. The molecule has 0 atom stereocenters. The number of halogens is 1. The maximum atomic E-state index is 5.23. The van der Waals surface area contributed by atoms with Gasteiger partial charge in [-0.25, -0.2) is 0 Å². The van der Waals surface area contributed by atoms with Gasteiger partial charge in [0.25, 0.3) is 0 Å². The monoisotopic (exact) mass is 294 g/mol. The fraction of sp³-hybridized carbons (Fsp3) is 0.429. The average Bonchev–Trinajstić information content (AvgIpc) is 2.87. The molecular weight excluding hydrogens is 276 g/mol. The van der Waals surface area contributed by atoms with Crippen LogP contribution in [0.1, 0.15) is 25.1 Å². The van der Waals surface area contributed by atoms with Crippen molar-refractivity contribution in [3.05, 3.63) is 36.0 Å². The van der Waals surface area contributed by atoms with Crippen molar-refractivity contribution in [3.8, 4) is 0 Å². The zero-order chi connectivity index (χ0) is 13.1. The van der Waals surface area contributed by atoms with Gasteiger partial charge in [-0.1, -0.05) is 24.2 Å². The minimum atomic E-state index is 0. The summed E-state index contributed by atoms with van der Waals surface area (Å²) in [5.74, 6) is 1.50. The Morgan fingerprint density at radius 3 is 3.05 bits per heavy atom. The molecule has 0 aliphatic carbocycles. The van der Waals surface area contributed by atoms with Gasteiger partial charge in [-0.15, -0.1) is 12.4 Å². The first-order valence-corrected chi connectivity index (χ1v) is 6.76. The summed E-state index contributed by atoms with van der Waals surface area (Å²) in [7, 11) is 0. The molecule has 5 nitrogen and oxygen atoms in total. The first-order chi connectivity index (χ1) is 9.36. The SMILES string of the molecule is CCCc1nc(CN2CCNc3ccccc32)no1.Cl. The highest BCUT2D eigenvalue weighted by molar-refractivity contribution is 5.85. The van der Waals surface area contributed by atoms with Crippen molar-refractivity contribution in [1.29, 1.82) is 0 Å². The van der Waals surface area contributed by atoms with E-state index >= 15 is 0 Å².